The fourth-order valence-electron chi connectivity index (χ4n) is 4.28. The number of amides is 1. The Kier molecular flexibility index (Phi) is 6.65. The summed E-state index contributed by atoms with van der Waals surface area (Å²) < 4.78 is 13.2. The SMILES string of the molecule is CC(C)C(NC(=O)CN1CCN(C2CCCC2)CC1)c1ccc(F)cc1. The van der Waals surface area contributed by atoms with Gasteiger partial charge in [0.1, 0.15) is 5.82 Å². The molecule has 0 spiro atoms. The fourth-order valence-corrected chi connectivity index (χ4v) is 4.28. The molecule has 2 aliphatic rings. The molecule has 1 aliphatic carbocycles. The standard InChI is InChI=1S/C21H32FN3O/c1-16(2)21(17-7-9-18(22)10-8-17)23-20(26)15-24-11-13-25(14-12-24)19-5-3-4-6-19/h7-10,16,19,21H,3-6,11-15H2,1-2H3,(H,23,26). The molecule has 0 radical (unpaired) electrons. The van der Waals surface area contributed by atoms with Crippen LogP contribution < -0.4 is 5.32 Å². The van der Waals surface area contributed by atoms with Crippen molar-refractivity contribution in [3.8, 4) is 0 Å². The van der Waals surface area contributed by atoms with E-state index in [1.54, 1.807) is 12.1 Å². The maximum atomic E-state index is 13.2. The molecule has 1 amide bonds. The summed E-state index contributed by atoms with van der Waals surface area (Å²) in [5.41, 5.74) is 0.959. The first-order valence-corrected chi connectivity index (χ1v) is 10.0. The van der Waals surface area contributed by atoms with E-state index >= 15 is 0 Å². The monoisotopic (exact) mass is 361 g/mol. The largest absolute Gasteiger partial charge is 0.348 e. The van der Waals surface area contributed by atoms with Crippen LogP contribution in [0.2, 0.25) is 0 Å². The van der Waals surface area contributed by atoms with Crippen LogP contribution in [-0.4, -0.2) is 54.5 Å². The van der Waals surface area contributed by atoms with Gasteiger partial charge in [-0.2, -0.15) is 0 Å². The Bertz CT molecular complexity index is 575. The normalized spacial score (nSPS) is 21.2. The summed E-state index contributed by atoms with van der Waals surface area (Å²) in [6.07, 6.45) is 5.42. The predicted molar refractivity (Wildman–Crippen MR) is 102 cm³/mol. The van der Waals surface area contributed by atoms with E-state index in [2.05, 4.69) is 29.0 Å². The van der Waals surface area contributed by atoms with E-state index in [4.69, 9.17) is 0 Å². The second kappa shape index (κ2) is 8.96. The highest BCUT2D eigenvalue weighted by molar-refractivity contribution is 5.78. The number of carbonyl (C=O) groups is 1. The van der Waals surface area contributed by atoms with E-state index < -0.39 is 0 Å². The summed E-state index contributed by atoms with van der Waals surface area (Å²) in [5.74, 6) is 0.0636. The van der Waals surface area contributed by atoms with Crippen molar-refractivity contribution >= 4 is 5.91 Å². The summed E-state index contributed by atoms with van der Waals surface area (Å²) in [7, 11) is 0. The number of carbonyl (C=O) groups excluding carboxylic acids is 1. The maximum absolute atomic E-state index is 13.2. The van der Waals surface area contributed by atoms with Crippen LogP contribution >= 0.6 is 0 Å². The highest BCUT2D eigenvalue weighted by Gasteiger charge is 2.27. The van der Waals surface area contributed by atoms with Gasteiger partial charge in [0.15, 0.2) is 0 Å². The van der Waals surface area contributed by atoms with Crippen molar-refractivity contribution in [3.05, 3.63) is 35.6 Å². The molecular weight excluding hydrogens is 329 g/mol. The van der Waals surface area contributed by atoms with Gasteiger partial charge in [-0.1, -0.05) is 38.8 Å². The minimum atomic E-state index is -0.247. The summed E-state index contributed by atoms with van der Waals surface area (Å²) >= 11 is 0. The zero-order valence-electron chi connectivity index (χ0n) is 16.1. The van der Waals surface area contributed by atoms with Crippen molar-refractivity contribution in [2.75, 3.05) is 32.7 Å². The van der Waals surface area contributed by atoms with Crippen LogP contribution in [0.1, 0.15) is 51.1 Å². The lowest BCUT2D eigenvalue weighted by Crippen LogP contribution is -2.52. The van der Waals surface area contributed by atoms with Crippen LogP contribution in [0.15, 0.2) is 24.3 Å². The Balaban J connectivity index is 1.48. The average Bonchev–Trinajstić information content (AvgIpc) is 3.16. The van der Waals surface area contributed by atoms with Gasteiger partial charge in [0.05, 0.1) is 12.6 Å². The van der Waals surface area contributed by atoms with E-state index in [9.17, 15) is 9.18 Å². The topological polar surface area (TPSA) is 35.6 Å². The number of nitrogens with one attached hydrogen (secondary N) is 1. The van der Waals surface area contributed by atoms with E-state index in [0.717, 1.165) is 37.8 Å². The van der Waals surface area contributed by atoms with Gasteiger partial charge in [0.2, 0.25) is 5.91 Å². The minimum Gasteiger partial charge on any atom is -0.348 e. The van der Waals surface area contributed by atoms with Gasteiger partial charge < -0.3 is 5.32 Å². The average molecular weight is 362 g/mol. The summed E-state index contributed by atoms with van der Waals surface area (Å²) in [5, 5.41) is 3.15. The van der Waals surface area contributed by atoms with Crippen molar-refractivity contribution in [1.82, 2.24) is 15.1 Å². The number of rotatable bonds is 6. The second-order valence-corrected chi connectivity index (χ2v) is 8.09. The number of piperazine rings is 1. The Labute approximate surface area is 156 Å². The molecule has 0 aromatic heterocycles. The number of halogens is 1. The van der Waals surface area contributed by atoms with Gasteiger partial charge in [-0.25, -0.2) is 4.39 Å². The zero-order valence-corrected chi connectivity index (χ0v) is 16.1. The lowest BCUT2D eigenvalue weighted by atomic mass is 9.96. The molecule has 5 heteroatoms. The number of hydrogen-bond acceptors (Lipinski definition) is 3. The first-order chi connectivity index (χ1) is 12.5. The molecule has 1 saturated carbocycles. The molecule has 1 aromatic carbocycles. The maximum Gasteiger partial charge on any atom is 0.234 e. The molecule has 3 rings (SSSR count). The molecule has 1 unspecified atom stereocenters. The Morgan fingerprint density at radius 2 is 1.73 bits per heavy atom. The summed E-state index contributed by atoms with van der Waals surface area (Å²) in [6.45, 7) is 8.68. The second-order valence-electron chi connectivity index (χ2n) is 8.09. The van der Waals surface area contributed by atoms with E-state index in [1.165, 1.54) is 37.8 Å². The highest BCUT2D eigenvalue weighted by Crippen LogP contribution is 2.24. The van der Waals surface area contributed by atoms with Gasteiger partial charge in [-0.3, -0.25) is 14.6 Å². The Hall–Kier alpha value is -1.46. The van der Waals surface area contributed by atoms with E-state index in [1.807, 2.05) is 0 Å². The molecule has 1 atom stereocenters. The molecule has 144 valence electrons. The molecule has 26 heavy (non-hydrogen) atoms. The number of benzene rings is 1. The number of hydrogen-bond donors (Lipinski definition) is 1. The molecule has 0 bridgehead atoms. The van der Waals surface area contributed by atoms with Crippen LogP contribution in [0.5, 0.6) is 0 Å². The van der Waals surface area contributed by atoms with Crippen LogP contribution in [-0.2, 0) is 4.79 Å². The van der Waals surface area contributed by atoms with Gasteiger partial charge in [-0.15, -0.1) is 0 Å². The Morgan fingerprint density at radius 3 is 2.31 bits per heavy atom. The quantitative estimate of drug-likeness (QED) is 0.845. The third kappa shape index (κ3) is 5.04. The first kappa shape index (κ1) is 19.3. The molecule has 1 aliphatic heterocycles. The lowest BCUT2D eigenvalue weighted by Gasteiger charge is -2.38. The van der Waals surface area contributed by atoms with E-state index in [-0.39, 0.29) is 23.7 Å². The molecular formula is C21H32FN3O. The molecule has 1 saturated heterocycles. The summed E-state index contributed by atoms with van der Waals surface area (Å²) in [6, 6.07) is 7.14. The van der Waals surface area contributed by atoms with Gasteiger partial charge in [0, 0.05) is 32.2 Å². The predicted octanol–water partition coefficient (Wildman–Crippen LogP) is 3.20. The van der Waals surface area contributed by atoms with Crippen LogP contribution in [0.25, 0.3) is 0 Å². The van der Waals surface area contributed by atoms with Crippen LogP contribution in [0, 0.1) is 11.7 Å². The number of nitrogens with zero attached hydrogens (tertiary/aromatic N) is 2. The van der Waals surface area contributed by atoms with Crippen LogP contribution in [0.3, 0.4) is 0 Å². The smallest absolute Gasteiger partial charge is 0.234 e. The van der Waals surface area contributed by atoms with Gasteiger partial charge in [0.25, 0.3) is 0 Å². The third-order valence-corrected chi connectivity index (χ3v) is 5.83. The van der Waals surface area contributed by atoms with Crippen molar-refractivity contribution < 1.29 is 9.18 Å². The van der Waals surface area contributed by atoms with Gasteiger partial charge >= 0.3 is 0 Å². The summed E-state index contributed by atoms with van der Waals surface area (Å²) in [4.78, 5) is 17.4. The zero-order chi connectivity index (χ0) is 18.5. The molecule has 1 heterocycles. The fraction of sp³-hybridized carbons (Fsp3) is 0.667. The van der Waals surface area contributed by atoms with Gasteiger partial charge in [-0.05, 0) is 36.5 Å². The molecule has 2 fully saturated rings. The molecule has 1 aromatic rings. The van der Waals surface area contributed by atoms with Crippen molar-refractivity contribution in [2.45, 2.75) is 51.6 Å². The highest BCUT2D eigenvalue weighted by atomic mass is 19.1. The lowest BCUT2D eigenvalue weighted by molar-refractivity contribution is -0.123. The molecule has 1 N–H and O–H groups in total. The van der Waals surface area contributed by atoms with Crippen molar-refractivity contribution in [3.63, 3.8) is 0 Å². The Morgan fingerprint density at radius 1 is 1.12 bits per heavy atom. The third-order valence-electron chi connectivity index (χ3n) is 5.83. The van der Waals surface area contributed by atoms with Crippen molar-refractivity contribution in [2.24, 2.45) is 5.92 Å². The first-order valence-electron chi connectivity index (χ1n) is 10.0. The van der Waals surface area contributed by atoms with Crippen LogP contribution in [0.4, 0.5) is 4.39 Å². The molecule has 4 nitrogen and oxygen atoms in total. The minimum absolute atomic E-state index is 0.0577. The van der Waals surface area contributed by atoms with E-state index in [0.29, 0.717) is 6.54 Å². The van der Waals surface area contributed by atoms with Crippen molar-refractivity contribution in [1.29, 1.82) is 0 Å².